The lowest BCUT2D eigenvalue weighted by Gasteiger charge is -2.19. The fourth-order valence-electron chi connectivity index (χ4n) is 3.18. The molecule has 0 fully saturated rings. The van der Waals surface area contributed by atoms with Crippen LogP contribution in [0.5, 0.6) is 5.75 Å². The van der Waals surface area contributed by atoms with Crippen molar-refractivity contribution in [3.63, 3.8) is 0 Å². The van der Waals surface area contributed by atoms with Crippen LogP contribution in [0.4, 0.5) is 0 Å². The number of ether oxygens (including phenoxy) is 2. The van der Waals surface area contributed by atoms with Gasteiger partial charge in [-0.2, -0.15) is 0 Å². The molecule has 1 heterocycles. The predicted octanol–water partition coefficient (Wildman–Crippen LogP) is 1.48. The van der Waals surface area contributed by atoms with Gasteiger partial charge in [0.2, 0.25) is 5.91 Å². The summed E-state index contributed by atoms with van der Waals surface area (Å²) in [5.41, 5.74) is -0.291. The molecule has 0 saturated heterocycles. The topological polar surface area (TPSA) is 91.6 Å². The van der Waals surface area contributed by atoms with Gasteiger partial charge in [0.15, 0.2) is 0 Å². The van der Waals surface area contributed by atoms with Crippen molar-refractivity contribution < 1.29 is 14.3 Å². The Morgan fingerprint density at radius 2 is 1.86 bits per heavy atom. The zero-order valence-corrected chi connectivity index (χ0v) is 16.5. The van der Waals surface area contributed by atoms with Crippen LogP contribution in [-0.4, -0.2) is 42.4 Å². The highest BCUT2D eigenvalue weighted by molar-refractivity contribution is 5.84. The first kappa shape index (κ1) is 20.3. The molecule has 2 aromatic carbocycles. The lowest BCUT2D eigenvalue weighted by molar-refractivity contribution is -0.124. The molecule has 0 bridgehead atoms. The number of aromatic nitrogens is 2. The summed E-state index contributed by atoms with van der Waals surface area (Å²) in [6, 6.07) is 12.6. The molecule has 29 heavy (non-hydrogen) atoms. The summed E-state index contributed by atoms with van der Waals surface area (Å²) in [5.74, 6) is 0.170. The minimum absolute atomic E-state index is 0.321. The van der Waals surface area contributed by atoms with E-state index in [2.05, 4.69) is 5.32 Å². The van der Waals surface area contributed by atoms with E-state index in [1.165, 1.54) is 18.8 Å². The highest BCUT2D eigenvalue weighted by Crippen LogP contribution is 2.17. The molecule has 0 spiro atoms. The highest BCUT2D eigenvalue weighted by atomic mass is 16.5. The summed E-state index contributed by atoms with van der Waals surface area (Å²) in [7, 11) is 3.05. The summed E-state index contributed by atoms with van der Waals surface area (Å²) < 4.78 is 12.6. The van der Waals surface area contributed by atoms with Crippen molar-refractivity contribution in [1.82, 2.24) is 14.5 Å². The van der Waals surface area contributed by atoms with Crippen LogP contribution in [0.15, 0.2) is 58.1 Å². The zero-order chi connectivity index (χ0) is 21.0. The Balaban J connectivity index is 2.23. The maximum Gasteiger partial charge on any atom is 0.336 e. The minimum Gasteiger partial charge on any atom is -0.497 e. The number of carbonyl (C=O) groups is 1. The van der Waals surface area contributed by atoms with Gasteiger partial charge in [0.1, 0.15) is 11.8 Å². The SMILES string of the molecule is COCCNC(=O)[C@@H](C)n1c(=O)n(-c2cccc(OC)c2)c(=O)c2ccccc21. The monoisotopic (exact) mass is 397 g/mol. The Bertz CT molecular complexity index is 1150. The van der Waals surface area contributed by atoms with Crippen molar-refractivity contribution in [2.75, 3.05) is 27.4 Å². The van der Waals surface area contributed by atoms with Crippen LogP contribution in [0, 0.1) is 0 Å². The lowest BCUT2D eigenvalue weighted by atomic mass is 10.2. The average molecular weight is 397 g/mol. The first-order chi connectivity index (χ1) is 14.0. The van der Waals surface area contributed by atoms with Crippen molar-refractivity contribution in [1.29, 1.82) is 0 Å². The molecule has 1 amide bonds. The van der Waals surface area contributed by atoms with E-state index in [-0.39, 0.29) is 5.91 Å². The number of para-hydroxylation sites is 1. The smallest absolute Gasteiger partial charge is 0.336 e. The van der Waals surface area contributed by atoms with E-state index in [4.69, 9.17) is 9.47 Å². The molecule has 3 aromatic rings. The van der Waals surface area contributed by atoms with Crippen molar-refractivity contribution >= 4 is 16.8 Å². The van der Waals surface area contributed by atoms with E-state index in [1.807, 2.05) is 0 Å². The number of carbonyl (C=O) groups excluding carboxylic acids is 1. The third-order valence-electron chi connectivity index (χ3n) is 4.68. The molecule has 0 unspecified atom stereocenters. The summed E-state index contributed by atoms with van der Waals surface area (Å²) in [5, 5.41) is 3.07. The number of methoxy groups -OCH3 is 2. The number of nitrogens with zero attached hydrogens (tertiary/aromatic N) is 2. The van der Waals surface area contributed by atoms with Gasteiger partial charge in [0.05, 0.1) is 30.3 Å². The molecule has 152 valence electrons. The standard InChI is InChI=1S/C21H23N3O5/c1-14(19(25)22-11-12-28-2)23-18-10-5-4-9-17(18)20(26)24(21(23)27)15-7-6-8-16(13-15)29-3/h4-10,13-14H,11-12H2,1-3H3,(H,22,25)/t14-/m1/s1. The van der Waals surface area contributed by atoms with E-state index >= 15 is 0 Å². The number of fused-ring (bicyclic) bond motifs is 1. The molecular weight excluding hydrogens is 374 g/mol. The molecule has 0 aliphatic rings. The lowest BCUT2D eigenvalue weighted by Crippen LogP contribution is -2.44. The van der Waals surface area contributed by atoms with Crippen molar-refractivity contribution in [2.24, 2.45) is 0 Å². The third kappa shape index (κ3) is 3.93. The van der Waals surface area contributed by atoms with E-state index in [0.717, 1.165) is 4.57 Å². The van der Waals surface area contributed by atoms with Crippen LogP contribution in [0.3, 0.4) is 0 Å². The minimum atomic E-state index is -0.832. The summed E-state index contributed by atoms with van der Waals surface area (Å²) in [6.45, 7) is 2.30. The third-order valence-corrected chi connectivity index (χ3v) is 4.68. The number of benzene rings is 2. The Kier molecular flexibility index (Phi) is 6.13. The average Bonchev–Trinajstić information content (AvgIpc) is 2.74. The maximum absolute atomic E-state index is 13.4. The van der Waals surface area contributed by atoms with Crippen LogP contribution in [0.2, 0.25) is 0 Å². The molecule has 1 aromatic heterocycles. The number of hydrogen-bond donors (Lipinski definition) is 1. The van der Waals surface area contributed by atoms with Crippen LogP contribution in [-0.2, 0) is 9.53 Å². The van der Waals surface area contributed by atoms with E-state index in [1.54, 1.807) is 55.5 Å². The van der Waals surface area contributed by atoms with E-state index in [9.17, 15) is 14.4 Å². The molecule has 8 nitrogen and oxygen atoms in total. The van der Waals surface area contributed by atoms with E-state index < -0.39 is 17.3 Å². The number of nitrogens with one attached hydrogen (secondary N) is 1. The molecule has 8 heteroatoms. The quantitative estimate of drug-likeness (QED) is 0.610. The van der Waals surface area contributed by atoms with E-state index in [0.29, 0.717) is 35.5 Å². The zero-order valence-electron chi connectivity index (χ0n) is 16.5. The Labute approximate surface area is 167 Å². The predicted molar refractivity (Wildman–Crippen MR) is 110 cm³/mol. The van der Waals surface area contributed by atoms with Crippen LogP contribution >= 0.6 is 0 Å². The van der Waals surface area contributed by atoms with Gasteiger partial charge in [-0.3, -0.25) is 14.2 Å². The Morgan fingerprint density at radius 1 is 1.10 bits per heavy atom. The van der Waals surface area contributed by atoms with Gasteiger partial charge in [-0.25, -0.2) is 9.36 Å². The highest BCUT2D eigenvalue weighted by Gasteiger charge is 2.22. The molecule has 0 radical (unpaired) electrons. The van der Waals surface area contributed by atoms with Crippen LogP contribution < -0.4 is 21.3 Å². The second kappa shape index (κ2) is 8.74. The molecule has 1 N–H and O–H groups in total. The van der Waals surface area contributed by atoms with Crippen LogP contribution in [0.25, 0.3) is 16.6 Å². The summed E-state index contributed by atoms with van der Waals surface area (Å²) in [4.78, 5) is 39.1. The summed E-state index contributed by atoms with van der Waals surface area (Å²) in [6.07, 6.45) is 0. The van der Waals surface area contributed by atoms with Crippen molar-refractivity contribution in [3.8, 4) is 11.4 Å². The van der Waals surface area contributed by atoms with Crippen molar-refractivity contribution in [2.45, 2.75) is 13.0 Å². The number of hydrogen-bond acceptors (Lipinski definition) is 5. The van der Waals surface area contributed by atoms with Gasteiger partial charge in [-0.15, -0.1) is 0 Å². The van der Waals surface area contributed by atoms with Gasteiger partial charge >= 0.3 is 5.69 Å². The van der Waals surface area contributed by atoms with Crippen molar-refractivity contribution in [3.05, 3.63) is 69.4 Å². The van der Waals surface area contributed by atoms with Crippen LogP contribution in [0.1, 0.15) is 13.0 Å². The Hall–Kier alpha value is -3.39. The van der Waals surface area contributed by atoms with Gasteiger partial charge in [0.25, 0.3) is 5.56 Å². The fraction of sp³-hybridized carbons (Fsp3) is 0.286. The molecule has 0 aliphatic carbocycles. The molecule has 1 atom stereocenters. The molecular formula is C21H23N3O5. The first-order valence-corrected chi connectivity index (χ1v) is 9.17. The maximum atomic E-state index is 13.4. The van der Waals surface area contributed by atoms with Gasteiger partial charge in [-0.1, -0.05) is 18.2 Å². The number of rotatable bonds is 7. The normalized spacial score (nSPS) is 12.0. The molecule has 0 saturated carbocycles. The Morgan fingerprint density at radius 3 is 2.59 bits per heavy atom. The molecule has 3 rings (SSSR count). The second-order valence-corrected chi connectivity index (χ2v) is 6.47. The van der Waals surface area contributed by atoms with Gasteiger partial charge < -0.3 is 14.8 Å². The number of amides is 1. The van der Waals surface area contributed by atoms with Gasteiger partial charge in [0, 0.05) is 19.7 Å². The molecule has 0 aliphatic heterocycles. The largest absolute Gasteiger partial charge is 0.497 e. The first-order valence-electron chi connectivity index (χ1n) is 9.17. The second-order valence-electron chi connectivity index (χ2n) is 6.47. The van der Waals surface area contributed by atoms with Gasteiger partial charge in [-0.05, 0) is 31.2 Å². The fourth-order valence-corrected chi connectivity index (χ4v) is 3.18. The summed E-state index contributed by atoms with van der Waals surface area (Å²) >= 11 is 0.